The summed E-state index contributed by atoms with van der Waals surface area (Å²) in [6, 6.07) is 0. The first kappa shape index (κ1) is 9.74. The van der Waals surface area contributed by atoms with E-state index < -0.39 is 0 Å². The second kappa shape index (κ2) is 3.75. The van der Waals surface area contributed by atoms with Crippen LogP contribution in [-0.4, -0.2) is 12.4 Å². The molecule has 2 heterocycles. The molecule has 0 aromatic carbocycles. The molecule has 1 aromatic rings. The van der Waals surface area contributed by atoms with Crippen molar-refractivity contribution in [3.8, 4) is 0 Å². The highest BCUT2D eigenvalue weighted by Crippen LogP contribution is 2.30. The Bertz CT molecular complexity index is 406. The fourth-order valence-electron chi connectivity index (χ4n) is 1.27. The molecular formula is C10H9ClO2S. The van der Waals surface area contributed by atoms with Crippen LogP contribution in [0.15, 0.2) is 17.2 Å². The van der Waals surface area contributed by atoms with Crippen molar-refractivity contribution >= 4 is 28.7 Å². The van der Waals surface area contributed by atoms with E-state index in [2.05, 4.69) is 0 Å². The third kappa shape index (κ3) is 1.57. The lowest BCUT2D eigenvalue weighted by Gasteiger charge is -2.00. The van der Waals surface area contributed by atoms with E-state index >= 15 is 0 Å². The zero-order valence-corrected chi connectivity index (χ0v) is 9.24. The highest BCUT2D eigenvalue weighted by molar-refractivity contribution is 7.13. The zero-order chi connectivity index (χ0) is 10.1. The lowest BCUT2D eigenvalue weighted by molar-refractivity contribution is 0.0946. The predicted molar refractivity (Wildman–Crippen MR) is 57.0 cm³/mol. The Balaban J connectivity index is 2.31. The number of carbonyl (C=O) groups is 1. The molecule has 1 aliphatic rings. The van der Waals surface area contributed by atoms with E-state index in [0.29, 0.717) is 22.3 Å². The highest BCUT2D eigenvalue weighted by atomic mass is 35.5. The van der Waals surface area contributed by atoms with Crippen molar-refractivity contribution in [2.45, 2.75) is 13.3 Å². The monoisotopic (exact) mass is 228 g/mol. The Kier molecular flexibility index (Phi) is 2.61. The molecule has 0 unspecified atom stereocenters. The molecule has 0 atom stereocenters. The minimum absolute atomic E-state index is 0.0920. The van der Waals surface area contributed by atoms with Gasteiger partial charge in [-0.25, -0.2) is 0 Å². The molecule has 0 saturated heterocycles. The molecule has 2 nitrogen and oxygen atoms in total. The van der Waals surface area contributed by atoms with Crippen molar-refractivity contribution in [2.75, 3.05) is 6.61 Å². The van der Waals surface area contributed by atoms with Crippen molar-refractivity contribution in [1.29, 1.82) is 0 Å². The number of Topliss-reactive ketones (excluding diaryl/α,β-unsaturated/α-hetero) is 1. The van der Waals surface area contributed by atoms with Gasteiger partial charge in [0.15, 0.2) is 5.76 Å². The summed E-state index contributed by atoms with van der Waals surface area (Å²) in [7, 11) is 0. The van der Waals surface area contributed by atoms with Crippen LogP contribution in [-0.2, 0) is 4.74 Å². The van der Waals surface area contributed by atoms with Gasteiger partial charge >= 0.3 is 0 Å². The number of hydrogen-bond donors (Lipinski definition) is 0. The first-order valence-corrected chi connectivity index (χ1v) is 5.57. The fourth-order valence-corrected chi connectivity index (χ4v) is 2.49. The summed E-state index contributed by atoms with van der Waals surface area (Å²) in [5.74, 6) is 0.347. The first-order valence-electron chi connectivity index (χ1n) is 4.31. The van der Waals surface area contributed by atoms with Crippen LogP contribution in [0.2, 0.25) is 5.02 Å². The second-order valence-corrected chi connectivity index (χ2v) is 4.35. The summed E-state index contributed by atoms with van der Waals surface area (Å²) in [5, 5.41) is 2.43. The van der Waals surface area contributed by atoms with E-state index in [1.165, 1.54) is 11.3 Å². The molecule has 0 radical (unpaired) electrons. The topological polar surface area (TPSA) is 26.3 Å². The van der Waals surface area contributed by atoms with Gasteiger partial charge in [-0.1, -0.05) is 11.6 Å². The molecule has 14 heavy (non-hydrogen) atoms. The molecule has 74 valence electrons. The standard InChI is InChI=1S/C10H9ClO2S/c1-6-5-14-10(8(6)11)9(12)7-3-2-4-13-7/h3,5H,2,4H2,1H3. The Morgan fingerprint density at radius 2 is 2.43 bits per heavy atom. The SMILES string of the molecule is Cc1csc(C(=O)C2=CCCO2)c1Cl. The average molecular weight is 229 g/mol. The van der Waals surface area contributed by atoms with E-state index in [1.54, 1.807) is 0 Å². The van der Waals surface area contributed by atoms with Gasteiger partial charge in [-0.2, -0.15) is 0 Å². The fraction of sp³-hybridized carbons (Fsp3) is 0.300. The lowest BCUT2D eigenvalue weighted by Crippen LogP contribution is -2.02. The van der Waals surface area contributed by atoms with Crippen molar-refractivity contribution in [2.24, 2.45) is 0 Å². The summed E-state index contributed by atoms with van der Waals surface area (Å²) < 4.78 is 5.19. The van der Waals surface area contributed by atoms with Crippen LogP contribution < -0.4 is 0 Å². The van der Waals surface area contributed by atoms with Gasteiger partial charge in [0.25, 0.3) is 0 Å². The average Bonchev–Trinajstić information content (AvgIpc) is 2.77. The Labute approximate surface area is 91.1 Å². The number of thiophene rings is 1. The maximum Gasteiger partial charge on any atom is 0.238 e. The number of aryl methyl sites for hydroxylation is 1. The zero-order valence-electron chi connectivity index (χ0n) is 7.67. The van der Waals surface area contributed by atoms with Gasteiger partial charge in [0.05, 0.1) is 16.5 Å². The number of ether oxygens (including phenoxy) is 1. The molecule has 0 aliphatic carbocycles. The van der Waals surface area contributed by atoms with Crippen LogP contribution in [0.1, 0.15) is 21.7 Å². The molecule has 1 aromatic heterocycles. The summed E-state index contributed by atoms with van der Waals surface area (Å²) >= 11 is 7.36. The maximum atomic E-state index is 11.8. The van der Waals surface area contributed by atoms with E-state index in [9.17, 15) is 4.79 Å². The van der Waals surface area contributed by atoms with Gasteiger partial charge in [-0.3, -0.25) is 4.79 Å². The quantitative estimate of drug-likeness (QED) is 0.727. The third-order valence-corrected chi connectivity index (χ3v) is 3.73. The third-order valence-electron chi connectivity index (χ3n) is 2.03. The summed E-state index contributed by atoms with van der Waals surface area (Å²) in [4.78, 5) is 12.4. The smallest absolute Gasteiger partial charge is 0.238 e. The second-order valence-electron chi connectivity index (χ2n) is 3.10. The normalized spacial score (nSPS) is 15.1. The Morgan fingerprint density at radius 3 is 2.93 bits per heavy atom. The van der Waals surface area contributed by atoms with Crippen molar-refractivity contribution in [3.05, 3.63) is 32.7 Å². The van der Waals surface area contributed by atoms with E-state index in [0.717, 1.165) is 12.0 Å². The molecule has 4 heteroatoms. The first-order chi connectivity index (χ1) is 6.70. The van der Waals surface area contributed by atoms with Crippen molar-refractivity contribution < 1.29 is 9.53 Å². The van der Waals surface area contributed by atoms with Gasteiger partial charge in [-0.05, 0) is 23.9 Å². The van der Waals surface area contributed by atoms with Crippen LogP contribution in [0.4, 0.5) is 0 Å². The number of halogens is 1. The maximum absolute atomic E-state index is 11.8. The number of ketones is 1. The number of hydrogen-bond acceptors (Lipinski definition) is 3. The minimum Gasteiger partial charge on any atom is -0.489 e. The number of carbonyl (C=O) groups excluding carboxylic acids is 1. The molecule has 2 rings (SSSR count). The number of rotatable bonds is 2. The molecule has 0 bridgehead atoms. The molecule has 0 fully saturated rings. The van der Waals surface area contributed by atoms with E-state index in [4.69, 9.17) is 16.3 Å². The highest BCUT2D eigenvalue weighted by Gasteiger charge is 2.21. The van der Waals surface area contributed by atoms with Gasteiger partial charge in [0.2, 0.25) is 5.78 Å². The van der Waals surface area contributed by atoms with E-state index in [-0.39, 0.29) is 5.78 Å². The molecular weight excluding hydrogens is 220 g/mol. The Hall–Kier alpha value is -0.800. The number of allylic oxidation sites excluding steroid dienone is 1. The molecule has 1 aliphatic heterocycles. The van der Waals surface area contributed by atoms with Crippen molar-refractivity contribution in [3.63, 3.8) is 0 Å². The molecule has 0 spiro atoms. The van der Waals surface area contributed by atoms with Gasteiger partial charge in [-0.15, -0.1) is 11.3 Å². The van der Waals surface area contributed by atoms with Crippen LogP contribution in [0.5, 0.6) is 0 Å². The van der Waals surface area contributed by atoms with Crippen molar-refractivity contribution in [1.82, 2.24) is 0 Å². The largest absolute Gasteiger partial charge is 0.489 e. The van der Waals surface area contributed by atoms with Crippen LogP contribution in [0, 0.1) is 6.92 Å². The minimum atomic E-state index is -0.0920. The van der Waals surface area contributed by atoms with Crippen LogP contribution in [0.25, 0.3) is 0 Å². The lowest BCUT2D eigenvalue weighted by atomic mass is 10.2. The van der Waals surface area contributed by atoms with E-state index in [1.807, 2.05) is 18.4 Å². The summed E-state index contributed by atoms with van der Waals surface area (Å²) in [5.41, 5.74) is 0.943. The molecule has 0 amide bonds. The predicted octanol–water partition coefficient (Wildman–Crippen LogP) is 3.20. The van der Waals surface area contributed by atoms with Gasteiger partial charge in [0.1, 0.15) is 0 Å². The van der Waals surface area contributed by atoms with Gasteiger partial charge < -0.3 is 4.74 Å². The summed E-state index contributed by atoms with van der Waals surface area (Å²) in [6.45, 7) is 2.49. The molecule has 0 saturated carbocycles. The van der Waals surface area contributed by atoms with Gasteiger partial charge in [0, 0.05) is 6.42 Å². The van der Waals surface area contributed by atoms with Crippen LogP contribution in [0.3, 0.4) is 0 Å². The molecule has 0 N–H and O–H groups in total. The Morgan fingerprint density at radius 1 is 1.64 bits per heavy atom. The van der Waals surface area contributed by atoms with Crippen LogP contribution >= 0.6 is 22.9 Å². The summed E-state index contributed by atoms with van der Waals surface area (Å²) in [6.07, 6.45) is 2.62.